The van der Waals surface area contributed by atoms with Crippen LogP contribution in [0.5, 0.6) is 5.75 Å². The lowest BCUT2D eigenvalue weighted by molar-refractivity contribution is 0.0529. The number of esters is 1. The molecule has 2 N–H and O–H groups in total. The number of hydrogen-bond acceptors (Lipinski definition) is 6. The minimum atomic E-state index is -0.526. The second kappa shape index (κ2) is 7.19. The Hall–Kier alpha value is -3.61. The Morgan fingerprint density at radius 3 is 2.39 bits per heavy atom. The average Bonchev–Trinajstić information content (AvgIpc) is 2.98. The van der Waals surface area contributed by atoms with Gasteiger partial charge in [0.05, 0.1) is 29.9 Å². The number of carbonyl (C=O) groups excluding carboxylic acids is 1. The van der Waals surface area contributed by atoms with Crippen LogP contribution in [0.3, 0.4) is 0 Å². The molecular formula is C21H20N4O3. The SMILES string of the molecule is CCOC(=O)c1c(N)n(-c2ccccc2OCC)c2nc3ccccc3nc12. The summed E-state index contributed by atoms with van der Waals surface area (Å²) in [5.41, 5.74) is 9.60. The Labute approximate surface area is 161 Å². The number of anilines is 1. The largest absolute Gasteiger partial charge is 0.492 e. The fourth-order valence-corrected chi connectivity index (χ4v) is 3.23. The molecule has 0 aliphatic heterocycles. The van der Waals surface area contributed by atoms with Crippen molar-refractivity contribution in [3.63, 3.8) is 0 Å². The van der Waals surface area contributed by atoms with Gasteiger partial charge in [-0.25, -0.2) is 14.8 Å². The van der Waals surface area contributed by atoms with Crippen LogP contribution in [0.1, 0.15) is 24.2 Å². The second-order valence-corrected chi connectivity index (χ2v) is 6.10. The third-order valence-electron chi connectivity index (χ3n) is 4.38. The van der Waals surface area contributed by atoms with Gasteiger partial charge in [-0.05, 0) is 38.1 Å². The van der Waals surface area contributed by atoms with Gasteiger partial charge in [0.15, 0.2) is 5.65 Å². The standard InChI is InChI=1S/C21H20N4O3/c1-3-27-16-12-8-7-11-15(16)25-19(22)17(21(26)28-4-2)18-20(25)24-14-10-6-5-9-13(14)23-18/h5-12H,3-4,22H2,1-2H3. The number of nitrogen functional groups attached to an aromatic ring is 1. The van der Waals surface area contributed by atoms with Gasteiger partial charge in [-0.1, -0.05) is 24.3 Å². The van der Waals surface area contributed by atoms with Gasteiger partial charge in [0.25, 0.3) is 0 Å². The maximum absolute atomic E-state index is 12.7. The second-order valence-electron chi connectivity index (χ2n) is 6.10. The molecule has 0 saturated carbocycles. The van der Waals surface area contributed by atoms with Gasteiger partial charge in [-0.3, -0.25) is 4.57 Å². The molecule has 28 heavy (non-hydrogen) atoms. The molecule has 0 bridgehead atoms. The van der Waals surface area contributed by atoms with Crippen molar-refractivity contribution < 1.29 is 14.3 Å². The number of rotatable bonds is 5. The predicted octanol–water partition coefficient (Wildman–Crippen LogP) is 3.73. The van der Waals surface area contributed by atoms with Crippen LogP contribution in [0.2, 0.25) is 0 Å². The predicted molar refractivity (Wildman–Crippen MR) is 108 cm³/mol. The molecule has 0 fully saturated rings. The van der Waals surface area contributed by atoms with Crippen LogP contribution in [0.4, 0.5) is 5.82 Å². The summed E-state index contributed by atoms with van der Waals surface area (Å²) >= 11 is 0. The number of nitrogens with zero attached hydrogens (tertiary/aromatic N) is 3. The molecule has 7 nitrogen and oxygen atoms in total. The summed E-state index contributed by atoms with van der Waals surface area (Å²) in [5.74, 6) is 0.331. The van der Waals surface area contributed by atoms with E-state index in [0.29, 0.717) is 40.2 Å². The molecule has 0 spiro atoms. The van der Waals surface area contributed by atoms with Crippen molar-refractivity contribution >= 4 is 34.0 Å². The first-order chi connectivity index (χ1) is 13.7. The number of fused-ring (bicyclic) bond motifs is 2. The molecular weight excluding hydrogens is 356 g/mol. The first kappa shape index (κ1) is 17.8. The van der Waals surface area contributed by atoms with E-state index in [0.717, 1.165) is 0 Å². The van der Waals surface area contributed by atoms with Crippen LogP contribution in [-0.4, -0.2) is 33.7 Å². The molecule has 0 aliphatic carbocycles. The van der Waals surface area contributed by atoms with E-state index < -0.39 is 5.97 Å². The molecule has 0 saturated heterocycles. The lowest BCUT2D eigenvalue weighted by Gasteiger charge is -2.13. The van der Waals surface area contributed by atoms with E-state index in [-0.39, 0.29) is 18.0 Å². The van der Waals surface area contributed by atoms with Crippen LogP contribution in [0, 0.1) is 0 Å². The zero-order chi connectivity index (χ0) is 19.7. The van der Waals surface area contributed by atoms with E-state index in [1.54, 1.807) is 11.5 Å². The number of carbonyl (C=O) groups is 1. The highest BCUT2D eigenvalue weighted by Gasteiger charge is 2.26. The van der Waals surface area contributed by atoms with Gasteiger partial charge in [0.2, 0.25) is 0 Å². The lowest BCUT2D eigenvalue weighted by Crippen LogP contribution is -2.09. The van der Waals surface area contributed by atoms with Gasteiger partial charge in [-0.15, -0.1) is 0 Å². The molecule has 4 aromatic rings. The Morgan fingerprint density at radius 2 is 1.68 bits per heavy atom. The minimum Gasteiger partial charge on any atom is -0.492 e. The van der Waals surface area contributed by atoms with Crippen LogP contribution in [0.25, 0.3) is 27.9 Å². The summed E-state index contributed by atoms with van der Waals surface area (Å²) in [6, 6.07) is 14.9. The van der Waals surface area contributed by atoms with Crippen LogP contribution < -0.4 is 10.5 Å². The Kier molecular flexibility index (Phi) is 4.57. The summed E-state index contributed by atoms with van der Waals surface area (Å²) < 4.78 is 12.7. The molecule has 2 heterocycles. The van der Waals surface area contributed by atoms with Gasteiger partial charge in [-0.2, -0.15) is 0 Å². The van der Waals surface area contributed by atoms with E-state index in [1.807, 2.05) is 55.5 Å². The van der Waals surface area contributed by atoms with E-state index in [4.69, 9.17) is 20.2 Å². The van der Waals surface area contributed by atoms with Gasteiger partial charge in [0.1, 0.15) is 22.6 Å². The summed E-state index contributed by atoms with van der Waals surface area (Å²) in [6.45, 7) is 4.39. The van der Waals surface area contributed by atoms with E-state index in [1.165, 1.54) is 0 Å². The third kappa shape index (κ3) is 2.81. The van der Waals surface area contributed by atoms with Crippen LogP contribution in [-0.2, 0) is 4.74 Å². The van der Waals surface area contributed by atoms with E-state index in [2.05, 4.69) is 4.98 Å². The van der Waals surface area contributed by atoms with Crippen molar-refractivity contribution in [1.82, 2.24) is 14.5 Å². The number of ether oxygens (including phenoxy) is 2. The third-order valence-corrected chi connectivity index (χ3v) is 4.38. The van der Waals surface area contributed by atoms with Gasteiger partial charge < -0.3 is 15.2 Å². The molecule has 4 rings (SSSR count). The smallest absolute Gasteiger partial charge is 0.344 e. The summed E-state index contributed by atoms with van der Waals surface area (Å²) in [6.07, 6.45) is 0. The highest BCUT2D eigenvalue weighted by Crippen LogP contribution is 2.34. The van der Waals surface area contributed by atoms with Crippen molar-refractivity contribution in [2.75, 3.05) is 18.9 Å². The molecule has 0 unspecified atom stereocenters. The van der Waals surface area contributed by atoms with Crippen LogP contribution in [0.15, 0.2) is 48.5 Å². The molecule has 0 radical (unpaired) electrons. The quantitative estimate of drug-likeness (QED) is 0.534. The molecule has 0 atom stereocenters. The Bertz CT molecular complexity index is 1180. The zero-order valence-corrected chi connectivity index (χ0v) is 15.7. The van der Waals surface area contributed by atoms with Crippen LogP contribution >= 0.6 is 0 Å². The maximum Gasteiger partial charge on any atom is 0.344 e. The van der Waals surface area contributed by atoms with Crippen molar-refractivity contribution in [2.24, 2.45) is 0 Å². The first-order valence-electron chi connectivity index (χ1n) is 9.11. The fraction of sp³-hybridized carbons (Fsp3) is 0.190. The Morgan fingerprint density at radius 1 is 1.00 bits per heavy atom. The van der Waals surface area contributed by atoms with Crippen molar-refractivity contribution in [2.45, 2.75) is 13.8 Å². The van der Waals surface area contributed by atoms with Gasteiger partial charge in [0, 0.05) is 0 Å². The first-order valence-corrected chi connectivity index (χ1v) is 9.11. The summed E-state index contributed by atoms with van der Waals surface area (Å²) in [5, 5.41) is 0. The Balaban J connectivity index is 2.10. The minimum absolute atomic E-state index is 0.210. The van der Waals surface area contributed by atoms with Crippen molar-refractivity contribution in [3.8, 4) is 11.4 Å². The normalized spacial score (nSPS) is 11.1. The number of para-hydroxylation sites is 4. The van der Waals surface area contributed by atoms with E-state index >= 15 is 0 Å². The number of aromatic nitrogens is 3. The number of nitrogens with two attached hydrogens (primary N) is 1. The monoisotopic (exact) mass is 376 g/mol. The molecule has 142 valence electrons. The van der Waals surface area contributed by atoms with E-state index in [9.17, 15) is 4.79 Å². The van der Waals surface area contributed by atoms with Crippen molar-refractivity contribution in [1.29, 1.82) is 0 Å². The highest BCUT2D eigenvalue weighted by atomic mass is 16.5. The van der Waals surface area contributed by atoms with Crippen molar-refractivity contribution in [3.05, 3.63) is 54.1 Å². The average molecular weight is 376 g/mol. The summed E-state index contributed by atoms with van der Waals surface area (Å²) in [7, 11) is 0. The molecule has 0 aliphatic rings. The molecule has 0 amide bonds. The number of benzene rings is 2. The van der Waals surface area contributed by atoms with Gasteiger partial charge >= 0.3 is 5.97 Å². The maximum atomic E-state index is 12.7. The number of hydrogen-bond donors (Lipinski definition) is 1. The molecule has 2 aromatic carbocycles. The summed E-state index contributed by atoms with van der Waals surface area (Å²) in [4.78, 5) is 22.1. The molecule has 2 aromatic heterocycles. The zero-order valence-electron chi connectivity index (χ0n) is 15.7. The lowest BCUT2D eigenvalue weighted by atomic mass is 10.2. The highest BCUT2D eigenvalue weighted by molar-refractivity contribution is 6.09. The fourth-order valence-electron chi connectivity index (χ4n) is 3.23. The molecule has 7 heteroatoms. The topological polar surface area (TPSA) is 92.3 Å².